The van der Waals surface area contributed by atoms with Gasteiger partial charge in [-0.2, -0.15) is 0 Å². The van der Waals surface area contributed by atoms with Crippen LogP contribution in [-0.2, 0) is 16.6 Å². The van der Waals surface area contributed by atoms with Gasteiger partial charge in [-0.1, -0.05) is 37.3 Å². The molecule has 0 saturated heterocycles. The molecule has 166 valence electrons. The molecule has 0 heterocycles. The minimum absolute atomic E-state index is 0.239. The number of amides is 1. The molecule has 1 fully saturated rings. The lowest BCUT2D eigenvalue weighted by Gasteiger charge is -2.24. The highest BCUT2D eigenvalue weighted by molar-refractivity contribution is 5.91. The quantitative estimate of drug-likeness (QED) is 0.588. The van der Waals surface area contributed by atoms with Gasteiger partial charge in [0.2, 0.25) is 5.91 Å². The molecule has 2 aromatic rings. The number of halogens is 4. The van der Waals surface area contributed by atoms with Crippen LogP contribution in [0.25, 0.3) is 0 Å². The van der Waals surface area contributed by atoms with E-state index in [-0.39, 0.29) is 17.5 Å². The molecular weight excluding hydrogens is 412 g/mol. The van der Waals surface area contributed by atoms with Crippen molar-refractivity contribution < 1.29 is 27.1 Å². The summed E-state index contributed by atoms with van der Waals surface area (Å²) in [5.74, 6) is -0.926. The number of alkyl halides is 3. The smallest absolute Gasteiger partial charge is 0.406 e. The van der Waals surface area contributed by atoms with Gasteiger partial charge in [0.15, 0.2) is 0 Å². The summed E-state index contributed by atoms with van der Waals surface area (Å²) in [6.07, 6.45) is -0.710. The second kappa shape index (κ2) is 8.99. The van der Waals surface area contributed by atoms with Gasteiger partial charge in [-0.15, -0.1) is 13.2 Å². The third kappa shape index (κ3) is 5.77. The number of allylic oxidation sites excluding steroid dienone is 1. The molecular formula is C23H24F4N2O2. The van der Waals surface area contributed by atoms with Gasteiger partial charge in [-0.25, -0.2) is 4.39 Å². The standard InChI is InChI=1S/C23H24F4N2O2/c1-2-3-19(28)20(14-15-4-8-17(24)9-5-15)29-21(30)22(12-13-22)16-6-10-18(11-7-16)31-23(25,26)27/h3-11,20H,2,12-14,28H2,1H3,(H,29,30)/t20-/m0/s1. The van der Waals surface area contributed by atoms with E-state index in [1.165, 1.54) is 36.4 Å². The molecule has 3 N–H and O–H groups in total. The van der Waals surface area contributed by atoms with Crippen LogP contribution in [0, 0.1) is 5.82 Å². The van der Waals surface area contributed by atoms with Crippen LogP contribution in [0.2, 0.25) is 0 Å². The van der Waals surface area contributed by atoms with Crippen molar-refractivity contribution in [2.45, 2.75) is 50.4 Å². The van der Waals surface area contributed by atoms with Gasteiger partial charge in [0.25, 0.3) is 0 Å². The monoisotopic (exact) mass is 436 g/mol. The van der Waals surface area contributed by atoms with E-state index in [1.807, 2.05) is 13.0 Å². The van der Waals surface area contributed by atoms with Gasteiger partial charge < -0.3 is 15.8 Å². The molecule has 1 aliphatic carbocycles. The van der Waals surface area contributed by atoms with Gasteiger partial charge in [-0.05, 0) is 61.1 Å². The first-order chi connectivity index (χ1) is 14.6. The molecule has 31 heavy (non-hydrogen) atoms. The third-order valence-electron chi connectivity index (χ3n) is 5.33. The molecule has 1 amide bonds. The summed E-state index contributed by atoms with van der Waals surface area (Å²) in [5.41, 5.74) is 7.33. The predicted octanol–water partition coefficient (Wildman–Crippen LogP) is 4.74. The van der Waals surface area contributed by atoms with Crippen LogP contribution in [0.3, 0.4) is 0 Å². The van der Waals surface area contributed by atoms with Crippen molar-refractivity contribution in [1.82, 2.24) is 5.32 Å². The summed E-state index contributed by atoms with van der Waals surface area (Å²) in [7, 11) is 0. The van der Waals surface area contributed by atoms with Crippen LogP contribution in [0.5, 0.6) is 5.75 Å². The summed E-state index contributed by atoms with van der Waals surface area (Å²) >= 11 is 0. The van der Waals surface area contributed by atoms with Crippen molar-refractivity contribution in [1.29, 1.82) is 0 Å². The third-order valence-corrected chi connectivity index (χ3v) is 5.33. The topological polar surface area (TPSA) is 64.3 Å². The minimum Gasteiger partial charge on any atom is -0.406 e. The fourth-order valence-corrected chi connectivity index (χ4v) is 3.53. The summed E-state index contributed by atoms with van der Waals surface area (Å²) in [6, 6.07) is 10.9. The second-order valence-electron chi connectivity index (χ2n) is 7.62. The van der Waals surface area contributed by atoms with E-state index in [0.29, 0.717) is 36.9 Å². The molecule has 1 atom stereocenters. The maximum absolute atomic E-state index is 13.2. The zero-order valence-electron chi connectivity index (χ0n) is 17.0. The molecule has 4 nitrogen and oxygen atoms in total. The van der Waals surface area contributed by atoms with Crippen molar-refractivity contribution in [3.8, 4) is 5.75 Å². The number of carbonyl (C=O) groups is 1. The van der Waals surface area contributed by atoms with Gasteiger partial charge in [0.1, 0.15) is 11.6 Å². The van der Waals surface area contributed by atoms with Crippen molar-refractivity contribution in [3.05, 3.63) is 77.2 Å². The summed E-state index contributed by atoms with van der Waals surface area (Å²) in [6.45, 7) is 1.93. The average Bonchev–Trinajstić information content (AvgIpc) is 3.50. The lowest BCUT2D eigenvalue weighted by Crippen LogP contribution is -2.45. The number of ether oxygens (including phenoxy) is 1. The summed E-state index contributed by atoms with van der Waals surface area (Å²) in [4.78, 5) is 13.1. The van der Waals surface area contributed by atoms with E-state index in [4.69, 9.17) is 5.73 Å². The van der Waals surface area contributed by atoms with Crippen molar-refractivity contribution in [3.63, 3.8) is 0 Å². The Morgan fingerprint density at radius 1 is 1.16 bits per heavy atom. The molecule has 8 heteroatoms. The Labute approximate surface area is 178 Å². The summed E-state index contributed by atoms with van der Waals surface area (Å²) < 4.78 is 54.2. The Balaban J connectivity index is 1.75. The molecule has 0 radical (unpaired) electrons. The lowest BCUT2D eigenvalue weighted by molar-refractivity contribution is -0.274. The van der Waals surface area contributed by atoms with Crippen LogP contribution >= 0.6 is 0 Å². The molecule has 3 rings (SSSR count). The van der Waals surface area contributed by atoms with E-state index in [2.05, 4.69) is 10.1 Å². The molecule has 0 aliphatic heterocycles. The Morgan fingerprint density at radius 3 is 2.29 bits per heavy atom. The Kier molecular flexibility index (Phi) is 6.57. The highest BCUT2D eigenvalue weighted by Gasteiger charge is 2.51. The molecule has 0 unspecified atom stereocenters. The maximum Gasteiger partial charge on any atom is 0.573 e. The average molecular weight is 436 g/mol. The van der Waals surface area contributed by atoms with Crippen LogP contribution in [0.4, 0.5) is 17.6 Å². The van der Waals surface area contributed by atoms with Crippen LogP contribution in [0.1, 0.15) is 37.3 Å². The number of nitrogens with one attached hydrogen (secondary N) is 1. The largest absolute Gasteiger partial charge is 0.573 e. The summed E-state index contributed by atoms with van der Waals surface area (Å²) in [5, 5.41) is 2.98. The Morgan fingerprint density at radius 2 is 1.77 bits per heavy atom. The Bertz CT molecular complexity index is 934. The number of carbonyl (C=O) groups excluding carboxylic acids is 1. The highest BCUT2D eigenvalue weighted by Crippen LogP contribution is 2.49. The maximum atomic E-state index is 13.2. The molecule has 2 aromatic carbocycles. The van der Waals surface area contributed by atoms with E-state index < -0.39 is 17.8 Å². The van der Waals surface area contributed by atoms with Crippen LogP contribution in [-0.4, -0.2) is 18.3 Å². The number of benzene rings is 2. The van der Waals surface area contributed by atoms with Crippen molar-refractivity contribution >= 4 is 5.91 Å². The van der Waals surface area contributed by atoms with Crippen LogP contribution in [0.15, 0.2) is 60.3 Å². The Hall–Kier alpha value is -3.03. The van der Waals surface area contributed by atoms with Gasteiger partial charge >= 0.3 is 6.36 Å². The predicted molar refractivity (Wildman–Crippen MR) is 109 cm³/mol. The van der Waals surface area contributed by atoms with Gasteiger partial charge in [-0.3, -0.25) is 4.79 Å². The van der Waals surface area contributed by atoms with E-state index in [9.17, 15) is 22.4 Å². The van der Waals surface area contributed by atoms with E-state index >= 15 is 0 Å². The normalized spacial score (nSPS) is 16.5. The van der Waals surface area contributed by atoms with E-state index in [1.54, 1.807) is 12.1 Å². The number of hydrogen-bond donors (Lipinski definition) is 2. The number of nitrogens with two attached hydrogens (primary N) is 1. The van der Waals surface area contributed by atoms with Crippen LogP contribution < -0.4 is 15.8 Å². The fraction of sp³-hybridized carbons (Fsp3) is 0.348. The molecule has 1 aliphatic rings. The highest BCUT2D eigenvalue weighted by atomic mass is 19.4. The van der Waals surface area contributed by atoms with E-state index in [0.717, 1.165) is 5.56 Å². The van der Waals surface area contributed by atoms with Crippen molar-refractivity contribution in [2.75, 3.05) is 0 Å². The zero-order valence-corrected chi connectivity index (χ0v) is 17.0. The molecule has 0 spiro atoms. The zero-order chi connectivity index (χ0) is 22.6. The first kappa shape index (κ1) is 22.7. The molecule has 1 saturated carbocycles. The molecule has 0 aromatic heterocycles. The SMILES string of the molecule is CCC=C(N)[C@H](Cc1ccc(F)cc1)NC(=O)C1(c2ccc(OC(F)(F)F)cc2)CC1. The lowest BCUT2D eigenvalue weighted by atomic mass is 9.93. The van der Waals surface area contributed by atoms with Gasteiger partial charge in [0, 0.05) is 5.70 Å². The molecule has 0 bridgehead atoms. The fourth-order valence-electron chi connectivity index (χ4n) is 3.53. The minimum atomic E-state index is -4.77. The van der Waals surface area contributed by atoms with Crippen molar-refractivity contribution in [2.24, 2.45) is 5.73 Å². The first-order valence-corrected chi connectivity index (χ1v) is 10.00. The number of hydrogen-bond acceptors (Lipinski definition) is 3. The first-order valence-electron chi connectivity index (χ1n) is 10.00. The second-order valence-corrected chi connectivity index (χ2v) is 7.62. The van der Waals surface area contributed by atoms with Gasteiger partial charge in [0.05, 0.1) is 11.5 Å². The number of rotatable bonds is 8.